The Hall–Kier alpha value is -2.89. The second kappa shape index (κ2) is 8.23. The maximum atomic E-state index is 13.4. The number of carbonyl (C=O) groups excluding carboxylic acids is 1. The van der Waals surface area contributed by atoms with Crippen molar-refractivity contribution in [1.29, 1.82) is 0 Å². The van der Waals surface area contributed by atoms with Crippen LogP contribution in [0.2, 0.25) is 0 Å². The number of rotatable bonds is 5. The SMILES string of the molecule is COc1ccc([C@H]2CCCN2C(=O)[C@@H]2COc3c(cccc3OC)C2)c(OC)c1. The third kappa shape index (κ3) is 3.59. The monoisotopic (exact) mass is 397 g/mol. The van der Waals surface area contributed by atoms with Crippen molar-refractivity contribution in [3.05, 3.63) is 47.5 Å². The van der Waals surface area contributed by atoms with Crippen LogP contribution in [0.25, 0.3) is 0 Å². The summed E-state index contributed by atoms with van der Waals surface area (Å²) in [7, 11) is 4.92. The fourth-order valence-electron chi connectivity index (χ4n) is 4.40. The van der Waals surface area contributed by atoms with Crippen LogP contribution in [0.1, 0.15) is 30.0 Å². The number of benzene rings is 2. The van der Waals surface area contributed by atoms with Gasteiger partial charge in [-0.1, -0.05) is 12.1 Å². The lowest BCUT2D eigenvalue weighted by molar-refractivity contribution is -0.137. The fourth-order valence-corrected chi connectivity index (χ4v) is 4.40. The molecule has 2 aromatic carbocycles. The lowest BCUT2D eigenvalue weighted by Gasteiger charge is -2.32. The lowest BCUT2D eigenvalue weighted by Crippen LogP contribution is -2.40. The van der Waals surface area contributed by atoms with Gasteiger partial charge < -0.3 is 23.8 Å². The molecule has 154 valence electrons. The number of hydrogen-bond acceptors (Lipinski definition) is 5. The summed E-state index contributed by atoms with van der Waals surface area (Å²) in [6.07, 6.45) is 2.56. The largest absolute Gasteiger partial charge is 0.497 e. The second-order valence-corrected chi connectivity index (χ2v) is 7.46. The fraction of sp³-hybridized carbons (Fsp3) is 0.435. The molecular formula is C23H27NO5. The summed E-state index contributed by atoms with van der Waals surface area (Å²) in [5, 5.41) is 0. The average Bonchev–Trinajstić information content (AvgIpc) is 3.26. The van der Waals surface area contributed by atoms with E-state index in [0.717, 1.165) is 53.5 Å². The van der Waals surface area contributed by atoms with E-state index in [-0.39, 0.29) is 17.9 Å². The van der Waals surface area contributed by atoms with Gasteiger partial charge in [0.2, 0.25) is 5.91 Å². The Morgan fingerprint density at radius 1 is 1.07 bits per heavy atom. The first-order valence-corrected chi connectivity index (χ1v) is 9.97. The van der Waals surface area contributed by atoms with E-state index >= 15 is 0 Å². The van der Waals surface area contributed by atoms with Crippen LogP contribution in [0, 0.1) is 5.92 Å². The van der Waals surface area contributed by atoms with Gasteiger partial charge in [0, 0.05) is 18.2 Å². The van der Waals surface area contributed by atoms with Crippen molar-refractivity contribution in [1.82, 2.24) is 4.90 Å². The van der Waals surface area contributed by atoms with E-state index in [1.165, 1.54) is 0 Å². The van der Waals surface area contributed by atoms with Crippen molar-refractivity contribution in [2.75, 3.05) is 34.5 Å². The molecule has 6 heteroatoms. The van der Waals surface area contributed by atoms with E-state index in [4.69, 9.17) is 18.9 Å². The molecule has 0 spiro atoms. The first-order valence-electron chi connectivity index (χ1n) is 9.97. The van der Waals surface area contributed by atoms with Gasteiger partial charge in [0.25, 0.3) is 0 Å². The van der Waals surface area contributed by atoms with Crippen LogP contribution in [0.3, 0.4) is 0 Å². The number of methoxy groups -OCH3 is 3. The predicted octanol–water partition coefficient (Wildman–Crippen LogP) is 3.63. The Morgan fingerprint density at radius 2 is 1.90 bits per heavy atom. The molecule has 0 N–H and O–H groups in total. The summed E-state index contributed by atoms with van der Waals surface area (Å²) in [6.45, 7) is 1.12. The maximum Gasteiger partial charge on any atom is 0.229 e. The third-order valence-corrected chi connectivity index (χ3v) is 5.86. The number of ether oxygens (including phenoxy) is 4. The highest BCUT2D eigenvalue weighted by Crippen LogP contribution is 2.41. The predicted molar refractivity (Wildman–Crippen MR) is 109 cm³/mol. The number of fused-ring (bicyclic) bond motifs is 1. The first kappa shape index (κ1) is 19.4. The molecular weight excluding hydrogens is 370 g/mol. The van der Waals surface area contributed by atoms with Crippen molar-refractivity contribution >= 4 is 5.91 Å². The molecule has 2 aliphatic heterocycles. The molecule has 1 saturated heterocycles. The van der Waals surface area contributed by atoms with Gasteiger partial charge in [-0.3, -0.25) is 4.79 Å². The van der Waals surface area contributed by atoms with Gasteiger partial charge in [0.1, 0.15) is 18.1 Å². The Morgan fingerprint density at radius 3 is 2.66 bits per heavy atom. The number of para-hydroxylation sites is 1. The van der Waals surface area contributed by atoms with Crippen LogP contribution in [0.5, 0.6) is 23.0 Å². The van der Waals surface area contributed by atoms with Crippen LogP contribution in [-0.2, 0) is 11.2 Å². The zero-order valence-corrected chi connectivity index (χ0v) is 17.1. The maximum absolute atomic E-state index is 13.4. The zero-order chi connectivity index (χ0) is 20.4. The highest BCUT2D eigenvalue weighted by atomic mass is 16.5. The number of likely N-dealkylation sites (tertiary alicyclic amines) is 1. The summed E-state index contributed by atoms with van der Waals surface area (Å²) in [5.41, 5.74) is 2.05. The van der Waals surface area contributed by atoms with Crippen molar-refractivity contribution < 1.29 is 23.7 Å². The standard InChI is InChI=1S/C23H27NO5/c1-26-17-9-10-18(21(13-17)28-3)19-7-5-11-24(19)23(25)16-12-15-6-4-8-20(27-2)22(15)29-14-16/h4,6,8-10,13,16,19H,5,7,11-12,14H2,1-3H3/t16-,19+/m0/s1. The van der Waals surface area contributed by atoms with E-state index in [1.54, 1.807) is 21.3 Å². The Kier molecular flexibility index (Phi) is 5.51. The molecule has 1 fully saturated rings. The normalized spacial score (nSPS) is 20.6. The van der Waals surface area contributed by atoms with Gasteiger partial charge >= 0.3 is 0 Å². The van der Waals surface area contributed by atoms with Gasteiger partial charge in [0.05, 0.1) is 33.3 Å². The summed E-state index contributed by atoms with van der Waals surface area (Å²) in [5.74, 6) is 2.92. The van der Waals surface area contributed by atoms with Crippen LogP contribution in [-0.4, -0.2) is 45.3 Å². The topological polar surface area (TPSA) is 57.2 Å². The molecule has 2 aliphatic rings. The van der Waals surface area contributed by atoms with E-state index < -0.39 is 0 Å². The van der Waals surface area contributed by atoms with Crippen molar-refractivity contribution in [3.63, 3.8) is 0 Å². The van der Waals surface area contributed by atoms with Crippen molar-refractivity contribution in [2.45, 2.75) is 25.3 Å². The van der Waals surface area contributed by atoms with E-state index in [1.807, 2.05) is 41.3 Å². The van der Waals surface area contributed by atoms with Crippen LogP contribution in [0.15, 0.2) is 36.4 Å². The smallest absolute Gasteiger partial charge is 0.229 e. The van der Waals surface area contributed by atoms with Gasteiger partial charge in [-0.25, -0.2) is 0 Å². The molecule has 1 amide bonds. The van der Waals surface area contributed by atoms with Crippen LogP contribution < -0.4 is 18.9 Å². The quantitative estimate of drug-likeness (QED) is 0.771. The highest BCUT2D eigenvalue weighted by molar-refractivity contribution is 5.81. The molecule has 0 radical (unpaired) electrons. The van der Waals surface area contributed by atoms with E-state index in [0.29, 0.717) is 13.0 Å². The first-order chi connectivity index (χ1) is 14.2. The minimum Gasteiger partial charge on any atom is -0.497 e. The second-order valence-electron chi connectivity index (χ2n) is 7.46. The molecule has 0 saturated carbocycles. The number of nitrogens with zero attached hydrogens (tertiary/aromatic N) is 1. The van der Waals surface area contributed by atoms with Crippen LogP contribution in [0.4, 0.5) is 0 Å². The molecule has 0 bridgehead atoms. The number of carbonyl (C=O) groups is 1. The molecule has 2 heterocycles. The minimum atomic E-state index is -0.195. The number of amides is 1. The zero-order valence-electron chi connectivity index (χ0n) is 17.1. The lowest BCUT2D eigenvalue weighted by atomic mass is 9.94. The summed E-state index contributed by atoms with van der Waals surface area (Å²) in [6, 6.07) is 11.6. The summed E-state index contributed by atoms with van der Waals surface area (Å²) in [4.78, 5) is 15.4. The molecule has 4 rings (SSSR count). The van der Waals surface area contributed by atoms with Gasteiger partial charge in [0.15, 0.2) is 11.5 Å². The Bertz CT molecular complexity index is 897. The van der Waals surface area contributed by atoms with Gasteiger partial charge in [-0.15, -0.1) is 0 Å². The molecule has 0 aliphatic carbocycles. The molecule has 2 aromatic rings. The van der Waals surface area contributed by atoms with Crippen LogP contribution >= 0.6 is 0 Å². The molecule has 29 heavy (non-hydrogen) atoms. The number of hydrogen-bond donors (Lipinski definition) is 0. The van der Waals surface area contributed by atoms with Gasteiger partial charge in [-0.05, 0) is 43.0 Å². The molecule has 0 aromatic heterocycles. The Balaban J connectivity index is 1.56. The van der Waals surface area contributed by atoms with Crippen molar-refractivity contribution in [3.8, 4) is 23.0 Å². The average molecular weight is 397 g/mol. The minimum absolute atomic E-state index is 0.00932. The van der Waals surface area contributed by atoms with Gasteiger partial charge in [-0.2, -0.15) is 0 Å². The van der Waals surface area contributed by atoms with E-state index in [2.05, 4.69) is 0 Å². The molecule has 0 unspecified atom stereocenters. The third-order valence-electron chi connectivity index (χ3n) is 5.86. The van der Waals surface area contributed by atoms with E-state index in [9.17, 15) is 4.79 Å². The van der Waals surface area contributed by atoms with Crippen molar-refractivity contribution in [2.24, 2.45) is 5.92 Å². The molecule has 6 nitrogen and oxygen atoms in total. The highest BCUT2D eigenvalue weighted by Gasteiger charge is 2.37. The summed E-state index contributed by atoms with van der Waals surface area (Å²) >= 11 is 0. The Labute approximate surface area is 171 Å². The molecule has 2 atom stereocenters. The summed E-state index contributed by atoms with van der Waals surface area (Å²) < 4.78 is 22.2.